The molecule has 7 nitrogen and oxygen atoms in total. The second-order valence-electron chi connectivity index (χ2n) is 5.89. The fraction of sp³-hybridized carbons (Fsp3) is 0.500. The van der Waals surface area contributed by atoms with Crippen molar-refractivity contribution >= 4 is 23.5 Å². The molecule has 0 unspecified atom stereocenters. The molecule has 1 aliphatic rings. The van der Waals surface area contributed by atoms with Crippen LogP contribution in [0.2, 0.25) is 0 Å². The minimum atomic E-state index is -0.460. The number of hydrogen-bond acceptors (Lipinski definition) is 5. The maximum atomic E-state index is 12.1. The molecule has 1 aliphatic heterocycles. The third-order valence-electron chi connectivity index (χ3n) is 4.19. The number of nitrogens with one attached hydrogen (secondary N) is 1. The van der Waals surface area contributed by atoms with Gasteiger partial charge in [-0.1, -0.05) is 6.07 Å². The molecule has 0 radical (unpaired) electrons. The van der Waals surface area contributed by atoms with E-state index in [1.807, 2.05) is 0 Å². The zero-order chi connectivity index (χ0) is 18.2. The Bertz CT molecular complexity index is 626. The number of carbonyl (C=O) groups excluding carboxylic acids is 3. The summed E-state index contributed by atoms with van der Waals surface area (Å²) in [5.74, 6) is -0.655. The Kier molecular flexibility index (Phi) is 6.94. The second-order valence-corrected chi connectivity index (χ2v) is 5.89. The van der Waals surface area contributed by atoms with Crippen LogP contribution in [0.5, 0.6) is 0 Å². The fourth-order valence-electron chi connectivity index (χ4n) is 2.78. The molecule has 1 aromatic carbocycles. The van der Waals surface area contributed by atoms with E-state index in [-0.39, 0.29) is 17.7 Å². The normalized spacial score (nSPS) is 14.6. The van der Waals surface area contributed by atoms with Gasteiger partial charge in [-0.3, -0.25) is 9.59 Å². The lowest BCUT2D eigenvalue weighted by atomic mass is 9.99. The molecule has 0 bridgehead atoms. The summed E-state index contributed by atoms with van der Waals surface area (Å²) in [6.45, 7) is 3.34. The number of ether oxygens (including phenoxy) is 2. The van der Waals surface area contributed by atoms with Crippen molar-refractivity contribution in [2.24, 2.45) is 5.92 Å². The number of amides is 2. The first kappa shape index (κ1) is 18.9. The van der Waals surface area contributed by atoms with E-state index in [2.05, 4.69) is 5.32 Å². The largest absolute Gasteiger partial charge is 0.465 e. The van der Waals surface area contributed by atoms with Crippen LogP contribution in [0.3, 0.4) is 0 Å². The SMILES string of the molecule is COC(=O)c1cccc(N(CCNC(=O)C2CCOCC2)C(C)=O)c1. The highest BCUT2D eigenvalue weighted by Crippen LogP contribution is 2.17. The summed E-state index contributed by atoms with van der Waals surface area (Å²) in [6, 6.07) is 6.67. The molecule has 1 saturated heterocycles. The maximum Gasteiger partial charge on any atom is 0.337 e. The van der Waals surface area contributed by atoms with Crippen LogP contribution in [-0.4, -0.2) is 51.2 Å². The zero-order valence-electron chi connectivity index (χ0n) is 14.6. The third kappa shape index (κ3) is 5.29. The van der Waals surface area contributed by atoms with Crippen LogP contribution in [0.15, 0.2) is 24.3 Å². The number of anilines is 1. The topological polar surface area (TPSA) is 84.9 Å². The number of nitrogens with zero attached hydrogens (tertiary/aromatic N) is 1. The molecule has 136 valence electrons. The van der Waals surface area contributed by atoms with E-state index in [0.29, 0.717) is 37.6 Å². The average molecular weight is 348 g/mol. The van der Waals surface area contributed by atoms with Gasteiger partial charge in [0, 0.05) is 44.8 Å². The number of esters is 1. The van der Waals surface area contributed by atoms with Gasteiger partial charge in [0.2, 0.25) is 11.8 Å². The standard InChI is InChI=1S/C18H24N2O5/c1-13(21)20(16-5-3-4-15(12-16)18(23)24-2)9-8-19-17(22)14-6-10-25-11-7-14/h3-5,12,14H,6-11H2,1-2H3,(H,19,22). The van der Waals surface area contributed by atoms with Gasteiger partial charge in [-0.25, -0.2) is 4.79 Å². The molecule has 2 rings (SSSR count). The van der Waals surface area contributed by atoms with E-state index in [4.69, 9.17) is 9.47 Å². The first-order valence-electron chi connectivity index (χ1n) is 8.35. The number of rotatable bonds is 6. The van der Waals surface area contributed by atoms with Crippen LogP contribution in [0, 0.1) is 5.92 Å². The fourth-order valence-corrected chi connectivity index (χ4v) is 2.78. The first-order chi connectivity index (χ1) is 12.0. The van der Waals surface area contributed by atoms with Crippen molar-refractivity contribution in [3.8, 4) is 0 Å². The van der Waals surface area contributed by atoms with E-state index in [9.17, 15) is 14.4 Å². The maximum absolute atomic E-state index is 12.1. The van der Waals surface area contributed by atoms with Crippen LogP contribution in [-0.2, 0) is 19.1 Å². The van der Waals surface area contributed by atoms with E-state index in [1.54, 1.807) is 24.3 Å². The smallest absolute Gasteiger partial charge is 0.337 e. The molecule has 1 aromatic rings. The number of hydrogen-bond donors (Lipinski definition) is 1. The lowest BCUT2D eigenvalue weighted by molar-refractivity contribution is -0.128. The predicted molar refractivity (Wildman–Crippen MR) is 92.4 cm³/mol. The Morgan fingerprint density at radius 3 is 2.64 bits per heavy atom. The molecule has 0 aromatic heterocycles. The van der Waals surface area contributed by atoms with Crippen molar-refractivity contribution < 1.29 is 23.9 Å². The van der Waals surface area contributed by atoms with Gasteiger partial charge in [0.15, 0.2) is 0 Å². The monoisotopic (exact) mass is 348 g/mol. The van der Waals surface area contributed by atoms with Crippen LogP contribution in [0.4, 0.5) is 5.69 Å². The van der Waals surface area contributed by atoms with Crippen LogP contribution >= 0.6 is 0 Å². The van der Waals surface area contributed by atoms with E-state index < -0.39 is 5.97 Å². The van der Waals surface area contributed by atoms with Gasteiger partial charge in [0.05, 0.1) is 12.7 Å². The van der Waals surface area contributed by atoms with Crippen LogP contribution in [0.1, 0.15) is 30.1 Å². The summed E-state index contributed by atoms with van der Waals surface area (Å²) in [6.07, 6.45) is 1.45. The average Bonchev–Trinajstić information content (AvgIpc) is 2.64. The Labute approximate surface area is 147 Å². The summed E-state index contributed by atoms with van der Waals surface area (Å²) >= 11 is 0. The third-order valence-corrected chi connectivity index (χ3v) is 4.19. The number of methoxy groups -OCH3 is 1. The lowest BCUT2D eigenvalue weighted by Crippen LogP contribution is -2.40. The van der Waals surface area contributed by atoms with Gasteiger partial charge in [-0.05, 0) is 31.0 Å². The number of carbonyl (C=O) groups is 3. The minimum Gasteiger partial charge on any atom is -0.465 e. The van der Waals surface area contributed by atoms with Crippen molar-refractivity contribution in [1.29, 1.82) is 0 Å². The summed E-state index contributed by atoms with van der Waals surface area (Å²) in [5, 5.41) is 2.88. The molecule has 1 N–H and O–H groups in total. The molecule has 1 heterocycles. The summed E-state index contributed by atoms with van der Waals surface area (Å²) in [5.41, 5.74) is 0.966. The molecule has 7 heteroatoms. The Morgan fingerprint density at radius 1 is 1.28 bits per heavy atom. The lowest BCUT2D eigenvalue weighted by Gasteiger charge is -2.24. The highest BCUT2D eigenvalue weighted by atomic mass is 16.5. The second kappa shape index (κ2) is 9.17. The van der Waals surface area contributed by atoms with E-state index >= 15 is 0 Å². The Hall–Kier alpha value is -2.41. The van der Waals surface area contributed by atoms with Gasteiger partial charge >= 0.3 is 5.97 Å². The minimum absolute atomic E-state index is 0.00452. The van der Waals surface area contributed by atoms with Crippen LogP contribution < -0.4 is 10.2 Å². The van der Waals surface area contributed by atoms with Crippen molar-refractivity contribution in [2.45, 2.75) is 19.8 Å². The van der Waals surface area contributed by atoms with Gasteiger partial charge in [0.25, 0.3) is 0 Å². The van der Waals surface area contributed by atoms with E-state index in [1.165, 1.54) is 18.9 Å². The molecule has 0 spiro atoms. The zero-order valence-corrected chi connectivity index (χ0v) is 14.6. The molecule has 2 amide bonds. The summed E-state index contributed by atoms with van der Waals surface area (Å²) in [7, 11) is 1.31. The molecular weight excluding hydrogens is 324 g/mol. The molecule has 25 heavy (non-hydrogen) atoms. The van der Waals surface area contributed by atoms with E-state index in [0.717, 1.165) is 12.8 Å². The summed E-state index contributed by atoms with van der Waals surface area (Å²) < 4.78 is 9.95. The van der Waals surface area contributed by atoms with Gasteiger partial charge < -0.3 is 19.7 Å². The number of benzene rings is 1. The van der Waals surface area contributed by atoms with Crippen molar-refractivity contribution in [2.75, 3.05) is 38.3 Å². The van der Waals surface area contributed by atoms with Crippen molar-refractivity contribution in [3.63, 3.8) is 0 Å². The van der Waals surface area contributed by atoms with Gasteiger partial charge in [-0.2, -0.15) is 0 Å². The first-order valence-corrected chi connectivity index (χ1v) is 8.35. The Balaban J connectivity index is 1.95. The molecule has 0 saturated carbocycles. The molecule has 0 aliphatic carbocycles. The highest BCUT2D eigenvalue weighted by molar-refractivity contribution is 5.95. The quantitative estimate of drug-likeness (QED) is 0.785. The van der Waals surface area contributed by atoms with Gasteiger partial charge in [-0.15, -0.1) is 0 Å². The Morgan fingerprint density at radius 2 is 2.00 bits per heavy atom. The van der Waals surface area contributed by atoms with Crippen molar-refractivity contribution in [1.82, 2.24) is 5.32 Å². The molecule has 1 fully saturated rings. The molecule has 0 atom stereocenters. The van der Waals surface area contributed by atoms with Crippen molar-refractivity contribution in [3.05, 3.63) is 29.8 Å². The molecular formula is C18H24N2O5. The van der Waals surface area contributed by atoms with Crippen LogP contribution in [0.25, 0.3) is 0 Å². The highest BCUT2D eigenvalue weighted by Gasteiger charge is 2.21. The van der Waals surface area contributed by atoms with Gasteiger partial charge in [0.1, 0.15) is 0 Å². The predicted octanol–water partition coefficient (Wildman–Crippen LogP) is 1.37. The summed E-state index contributed by atoms with van der Waals surface area (Å²) in [4.78, 5) is 37.3.